The zero-order valence-electron chi connectivity index (χ0n) is 18.6. The molecule has 170 valence electrons. The van der Waals surface area contributed by atoms with E-state index in [1.165, 1.54) is 6.20 Å². The summed E-state index contributed by atoms with van der Waals surface area (Å²) >= 11 is 0. The Labute approximate surface area is 190 Å². The van der Waals surface area contributed by atoms with Crippen LogP contribution in [-0.4, -0.2) is 51.4 Å². The fraction of sp³-hybridized carbons (Fsp3) is 0.304. The minimum absolute atomic E-state index is 0.251. The van der Waals surface area contributed by atoms with Crippen LogP contribution in [0.2, 0.25) is 0 Å². The topological polar surface area (TPSA) is 124 Å². The molecule has 1 aliphatic carbocycles. The molecule has 2 aromatic heterocycles. The third-order valence-corrected chi connectivity index (χ3v) is 6.02. The SMILES string of the molecule is CNC(=O)c1cnc(NC(=O)C2(O)CC2)cc1Nc1cccc2c1N(C)Cc1cn(C)nc1-2. The zero-order valence-corrected chi connectivity index (χ0v) is 18.6. The van der Waals surface area contributed by atoms with Crippen LogP contribution in [0, 0.1) is 0 Å². The summed E-state index contributed by atoms with van der Waals surface area (Å²) in [6.45, 7) is 0.702. The molecule has 1 fully saturated rings. The van der Waals surface area contributed by atoms with Crippen molar-refractivity contribution in [2.75, 3.05) is 29.6 Å². The van der Waals surface area contributed by atoms with Gasteiger partial charge < -0.3 is 26.0 Å². The fourth-order valence-electron chi connectivity index (χ4n) is 4.13. The quantitative estimate of drug-likeness (QED) is 0.472. The van der Waals surface area contributed by atoms with Crippen molar-refractivity contribution in [1.82, 2.24) is 20.1 Å². The number of nitrogens with one attached hydrogen (secondary N) is 3. The second kappa shape index (κ2) is 7.59. The average molecular weight is 447 g/mol. The molecule has 4 N–H and O–H groups in total. The van der Waals surface area contributed by atoms with Gasteiger partial charge in [0, 0.05) is 57.3 Å². The highest BCUT2D eigenvalue weighted by Crippen LogP contribution is 2.43. The lowest BCUT2D eigenvalue weighted by Gasteiger charge is -2.29. The van der Waals surface area contributed by atoms with Crippen LogP contribution in [0.1, 0.15) is 28.8 Å². The molecule has 0 atom stereocenters. The number of para-hydroxylation sites is 1. The molecule has 0 unspecified atom stereocenters. The number of carbonyl (C=O) groups is 2. The molecule has 1 saturated carbocycles. The van der Waals surface area contributed by atoms with Gasteiger partial charge in [-0.2, -0.15) is 5.10 Å². The van der Waals surface area contributed by atoms with Crippen LogP contribution in [0.15, 0.2) is 36.7 Å². The first-order chi connectivity index (χ1) is 15.8. The minimum atomic E-state index is -1.32. The first-order valence-corrected chi connectivity index (χ1v) is 10.7. The van der Waals surface area contributed by atoms with E-state index in [1.807, 2.05) is 43.2 Å². The number of nitrogens with zero attached hydrogens (tertiary/aromatic N) is 4. The van der Waals surface area contributed by atoms with Gasteiger partial charge in [0.25, 0.3) is 11.8 Å². The van der Waals surface area contributed by atoms with Crippen LogP contribution in [-0.2, 0) is 18.4 Å². The van der Waals surface area contributed by atoms with Crippen molar-refractivity contribution in [3.8, 4) is 11.3 Å². The van der Waals surface area contributed by atoms with Crippen molar-refractivity contribution in [3.05, 3.63) is 47.8 Å². The molecule has 10 heteroatoms. The van der Waals surface area contributed by atoms with Crippen molar-refractivity contribution in [2.24, 2.45) is 7.05 Å². The predicted octanol–water partition coefficient (Wildman–Crippen LogP) is 2.00. The van der Waals surface area contributed by atoms with Crippen LogP contribution < -0.4 is 20.9 Å². The van der Waals surface area contributed by atoms with Gasteiger partial charge in [0.05, 0.1) is 28.3 Å². The number of carbonyl (C=O) groups excluding carboxylic acids is 2. The number of benzene rings is 1. The van der Waals surface area contributed by atoms with Gasteiger partial charge >= 0.3 is 0 Å². The summed E-state index contributed by atoms with van der Waals surface area (Å²) in [6, 6.07) is 7.49. The van der Waals surface area contributed by atoms with Gasteiger partial charge in [-0.05, 0) is 18.9 Å². The number of fused-ring (bicyclic) bond motifs is 3. The van der Waals surface area contributed by atoms with Gasteiger partial charge in [0.2, 0.25) is 0 Å². The van der Waals surface area contributed by atoms with E-state index in [-0.39, 0.29) is 11.7 Å². The number of rotatable bonds is 5. The van der Waals surface area contributed by atoms with Crippen molar-refractivity contribution < 1.29 is 14.7 Å². The Kier molecular flexibility index (Phi) is 4.82. The largest absolute Gasteiger partial charge is 0.380 e. The molecule has 1 aromatic carbocycles. The summed E-state index contributed by atoms with van der Waals surface area (Å²) in [7, 11) is 5.46. The highest BCUT2D eigenvalue weighted by atomic mass is 16.3. The van der Waals surface area contributed by atoms with E-state index in [4.69, 9.17) is 0 Å². The maximum atomic E-state index is 12.5. The Balaban J connectivity index is 1.54. The molecule has 2 aliphatic rings. The zero-order chi connectivity index (χ0) is 23.3. The minimum Gasteiger partial charge on any atom is -0.380 e. The van der Waals surface area contributed by atoms with E-state index in [0.717, 1.165) is 28.2 Å². The number of anilines is 4. The second-order valence-electron chi connectivity index (χ2n) is 8.54. The fourth-order valence-corrected chi connectivity index (χ4v) is 4.13. The average Bonchev–Trinajstić information content (AvgIpc) is 3.43. The van der Waals surface area contributed by atoms with Crippen molar-refractivity contribution in [2.45, 2.75) is 25.0 Å². The van der Waals surface area contributed by atoms with Crippen molar-refractivity contribution in [1.29, 1.82) is 0 Å². The maximum Gasteiger partial charge on any atom is 0.257 e. The summed E-state index contributed by atoms with van der Waals surface area (Å²) in [5.41, 5.74) is 4.30. The van der Waals surface area contributed by atoms with Crippen LogP contribution in [0.4, 0.5) is 22.9 Å². The Morgan fingerprint density at radius 1 is 1.18 bits per heavy atom. The normalized spacial score (nSPS) is 15.3. The van der Waals surface area contributed by atoms with Gasteiger partial charge in [0.15, 0.2) is 0 Å². The maximum absolute atomic E-state index is 12.5. The molecule has 0 bridgehead atoms. The summed E-state index contributed by atoms with van der Waals surface area (Å²) in [4.78, 5) is 31.1. The first kappa shape index (κ1) is 21.0. The van der Waals surface area contributed by atoms with Crippen LogP contribution in [0.5, 0.6) is 0 Å². The molecule has 3 aromatic rings. The van der Waals surface area contributed by atoms with E-state index in [1.54, 1.807) is 13.1 Å². The third kappa shape index (κ3) is 3.68. The van der Waals surface area contributed by atoms with Crippen LogP contribution in [0.25, 0.3) is 11.3 Å². The lowest BCUT2D eigenvalue weighted by Crippen LogP contribution is -2.29. The summed E-state index contributed by atoms with van der Waals surface area (Å²) in [6.07, 6.45) is 4.28. The van der Waals surface area contributed by atoms with Crippen LogP contribution >= 0.6 is 0 Å². The van der Waals surface area contributed by atoms with E-state index in [9.17, 15) is 14.7 Å². The van der Waals surface area contributed by atoms with E-state index in [0.29, 0.717) is 30.6 Å². The summed E-state index contributed by atoms with van der Waals surface area (Å²) < 4.78 is 1.81. The lowest BCUT2D eigenvalue weighted by atomic mass is 9.99. The molecule has 1 aliphatic heterocycles. The number of pyridine rings is 1. The Morgan fingerprint density at radius 2 is 1.97 bits per heavy atom. The van der Waals surface area contributed by atoms with Gasteiger partial charge in [-0.3, -0.25) is 14.3 Å². The third-order valence-electron chi connectivity index (χ3n) is 6.02. The predicted molar refractivity (Wildman–Crippen MR) is 124 cm³/mol. The molecule has 10 nitrogen and oxygen atoms in total. The van der Waals surface area contributed by atoms with Gasteiger partial charge in [-0.15, -0.1) is 0 Å². The first-order valence-electron chi connectivity index (χ1n) is 10.7. The van der Waals surface area contributed by atoms with Crippen molar-refractivity contribution >= 4 is 34.7 Å². The number of amides is 2. The number of aryl methyl sites for hydroxylation is 1. The Bertz CT molecular complexity index is 1280. The Hall–Kier alpha value is -3.92. The molecule has 3 heterocycles. The van der Waals surface area contributed by atoms with Gasteiger partial charge in [-0.25, -0.2) is 4.98 Å². The molecule has 0 saturated heterocycles. The monoisotopic (exact) mass is 447 g/mol. The molecule has 2 amide bonds. The molecule has 0 spiro atoms. The van der Waals surface area contributed by atoms with E-state index in [2.05, 4.69) is 30.9 Å². The van der Waals surface area contributed by atoms with E-state index < -0.39 is 11.5 Å². The number of hydrogen-bond donors (Lipinski definition) is 4. The molecular formula is C23H25N7O3. The highest BCUT2D eigenvalue weighted by molar-refractivity contribution is 6.03. The molecule has 5 rings (SSSR count). The van der Waals surface area contributed by atoms with Crippen LogP contribution in [0.3, 0.4) is 0 Å². The van der Waals surface area contributed by atoms with Gasteiger partial charge in [-0.1, -0.05) is 12.1 Å². The van der Waals surface area contributed by atoms with Gasteiger partial charge in [0.1, 0.15) is 11.4 Å². The number of aromatic nitrogens is 3. The highest BCUT2D eigenvalue weighted by Gasteiger charge is 2.48. The standard InChI is InChI=1S/C23H25N7O3/c1-24-21(31)15-10-25-18(27-22(32)23(33)7-8-23)9-17(15)26-16-6-4-5-14-19-13(12-30(3)28-19)11-29(2)20(14)16/h4-6,9-10,12,33H,7-8,11H2,1-3H3,(H,24,31)(H2,25,26,27,32). The second-order valence-corrected chi connectivity index (χ2v) is 8.54. The molecular weight excluding hydrogens is 422 g/mol. The lowest BCUT2D eigenvalue weighted by molar-refractivity contribution is -0.125. The van der Waals surface area contributed by atoms with Crippen molar-refractivity contribution in [3.63, 3.8) is 0 Å². The Morgan fingerprint density at radius 3 is 2.70 bits per heavy atom. The number of aliphatic hydroxyl groups is 1. The number of hydrogen-bond acceptors (Lipinski definition) is 7. The molecule has 0 radical (unpaired) electrons. The van der Waals surface area contributed by atoms with E-state index >= 15 is 0 Å². The molecule has 33 heavy (non-hydrogen) atoms. The summed E-state index contributed by atoms with van der Waals surface area (Å²) in [5.74, 6) is -0.553. The summed E-state index contributed by atoms with van der Waals surface area (Å²) in [5, 5.41) is 23.3. The smallest absolute Gasteiger partial charge is 0.257 e.